The number of halogens is 2. The Kier molecular flexibility index (Phi) is 4.12. The molecule has 0 bridgehead atoms. The van der Waals surface area contributed by atoms with Gasteiger partial charge >= 0.3 is 0 Å². The Balaban J connectivity index is 2.20. The van der Waals surface area contributed by atoms with Gasteiger partial charge in [0, 0.05) is 21.8 Å². The van der Waals surface area contributed by atoms with Crippen molar-refractivity contribution in [2.24, 2.45) is 0 Å². The molecule has 98 valence electrons. The quantitative estimate of drug-likeness (QED) is 0.853. The van der Waals surface area contributed by atoms with Crippen molar-refractivity contribution in [1.29, 1.82) is 0 Å². The molecule has 0 aliphatic carbocycles. The van der Waals surface area contributed by atoms with Crippen LogP contribution in [0.15, 0.2) is 40.9 Å². The molecular weight excluding hydrogens is 330 g/mol. The van der Waals surface area contributed by atoms with Crippen LogP contribution >= 0.6 is 27.5 Å². The number of rotatable bonds is 2. The summed E-state index contributed by atoms with van der Waals surface area (Å²) in [6.07, 6.45) is 0. The zero-order valence-corrected chi connectivity index (χ0v) is 12.4. The van der Waals surface area contributed by atoms with E-state index in [1.165, 1.54) is 6.07 Å². The lowest BCUT2D eigenvalue weighted by Gasteiger charge is -2.07. The van der Waals surface area contributed by atoms with Crippen LogP contribution in [-0.4, -0.2) is 11.0 Å². The van der Waals surface area contributed by atoms with Crippen LogP contribution in [0.5, 0.6) is 5.75 Å². The Labute approximate surface area is 124 Å². The number of phenols is 1. The SMILES string of the molecule is Cc1ccc(NC(=O)c2ccc(Cl)c(Br)c2)cc1O. The lowest BCUT2D eigenvalue weighted by molar-refractivity contribution is 0.102. The normalized spacial score (nSPS) is 10.3. The number of benzene rings is 2. The van der Waals surface area contributed by atoms with Crippen molar-refractivity contribution in [1.82, 2.24) is 0 Å². The van der Waals surface area contributed by atoms with Crippen molar-refractivity contribution in [3.05, 3.63) is 57.0 Å². The topological polar surface area (TPSA) is 49.3 Å². The lowest BCUT2D eigenvalue weighted by atomic mass is 10.2. The van der Waals surface area contributed by atoms with Crippen molar-refractivity contribution < 1.29 is 9.90 Å². The standard InChI is InChI=1S/C14H11BrClNO2/c1-8-2-4-10(7-13(8)18)17-14(19)9-3-5-12(16)11(15)6-9/h2-7,18H,1H3,(H,17,19). The largest absolute Gasteiger partial charge is 0.508 e. The van der Waals surface area contributed by atoms with E-state index in [4.69, 9.17) is 11.6 Å². The lowest BCUT2D eigenvalue weighted by Crippen LogP contribution is -2.11. The highest BCUT2D eigenvalue weighted by Crippen LogP contribution is 2.25. The Bertz CT molecular complexity index is 643. The fraction of sp³-hybridized carbons (Fsp3) is 0.0714. The molecule has 0 saturated carbocycles. The second-order valence-corrected chi connectivity index (χ2v) is 5.35. The molecule has 5 heteroatoms. The molecule has 0 spiro atoms. The molecule has 0 atom stereocenters. The number of aryl methyl sites for hydroxylation is 1. The van der Waals surface area contributed by atoms with E-state index in [9.17, 15) is 9.90 Å². The smallest absolute Gasteiger partial charge is 0.255 e. The number of nitrogens with one attached hydrogen (secondary N) is 1. The number of carbonyl (C=O) groups excluding carboxylic acids is 1. The predicted octanol–water partition coefficient (Wildman–Crippen LogP) is 4.37. The molecule has 3 nitrogen and oxygen atoms in total. The maximum atomic E-state index is 12.0. The van der Waals surface area contributed by atoms with E-state index in [1.807, 2.05) is 0 Å². The maximum absolute atomic E-state index is 12.0. The third kappa shape index (κ3) is 3.28. The number of amides is 1. The second-order valence-electron chi connectivity index (χ2n) is 4.08. The Morgan fingerprint density at radius 2 is 2.00 bits per heavy atom. The van der Waals surface area contributed by atoms with Gasteiger partial charge < -0.3 is 10.4 Å². The van der Waals surface area contributed by atoms with Gasteiger partial charge in [-0.05, 0) is 52.7 Å². The van der Waals surface area contributed by atoms with E-state index in [1.54, 1.807) is 37.3 Å². The number of hydrogen-bond donors (Lipinski definition) is 2. The van der Waals surface area contributed by atoms with Gasteiger partial charge in [0.25, 0.3) is 5.91 Å². The molecule has 0 saturated heterocycles. The van der Waals surface area contributed by atoms with Crippen molar-refractivity contribution in [3.8, 4) is 5.75 Å². The van der Waals surface area contributed by atoms with E-state index in [0.29, 0.717) is 20.7 Å². The van der Waals surface area contributed by atoms with Gasteiger partial charge in [-0.2, -0.15) is 0 Å². The monoisotopic (exact) mass is 339 g/mol. The van der Waals surface area contributed by atoms with Crippen LogP contribution in [0.1, 0.15) is 15.9 Å². The first-order valence-electron chi connectivity index (χ1n) is 5.53. The molecule has 2 aromatic rings. The molecule has 0 aliphatic heterocycles. The molecule has 2 N–H and O–H groups in total. The van der Waals surface area contributed by atoms with Crippen LogP contribution in [0.25, 0.3) is 0 Å². The Morgan fingerprint density at radius 1 is 1.26 bits per heavy atom. The summed E-state index contributed by atoms with van der Waals surface area (Å²) in [5.41, 5.74) is 1.78. The zero-order valence-electron chi connectivity index (χ0n) is 10.1. The minimum Gasteiger partial charge on any atom is -0.508 e. The highest BCUT2D eigenvalue weighted by Gasteiger charge is 2.09. The van der Waals surface area contributed by atoms with Crippen LogP contribution in [0.4, 0.5) is 5.69 Å². The van der Waals surface area contributed by atoms with Crippen molar-refractivity contribution in [2.45, 2.75) is 6.92 Å². The highest BCUT2D eigenvalue weighted by molar-refractivity contribution is 9.10. The number of anilines is 1. The third-order valence-corrected chi connectivity index (χ3v) is 3.86. The van der Waals surface area contributed by atoms with Gasteiger partial charge in [-0.25, -0.2) is 0 Å². The fourth-order valence-corrected chi connectivity index (χ4v) is 2.02. The molecule has 0 heterocycles. The number of carbonyl (C=O) groups is 1. The zero-order chi connectivity index (χ0) is 14.0. The summed E-state index contributed by atoms with van der Waals surface area (Å²) < 4.78 is 0.661. The number of phenolic OH excluding ortho intramolecular Hbond substituents is 1. The summed E-state index contributed by atoms with van der Waals surface area (Å²) in [6, 6.07) is 9.91. The Morgan fingerprint density at radius 3 is 2.63 bits per heavy atom. The van der Waals surface area contributed by atoms with Crippen LogP contribution in [0, 0.1) is 6.92 Å². The highest BCUT2D eigenvalue weighted by atomic mass is 79.9. The molecule has 0 aromatic heterocycles. The van der Waals surface area contributed by atoms with Crippen LogP contribution < -0.4 is 5.32 Å². The summed E-state index contributed by atoms with van der Waals surface area (Å²) >= 11 is 9.14. The predicted molar refractivity (Wildman–Crippen MR) is 79.9 cm³/mol. The first kappa shape index (κ1) is 13.9. The van der Waals surface area contributed by atoms with Gasteiger partial charge in [0.05, 0.1) is 5.02 Å². The average molecular weight is 341 g/mol. The van der Waals surface area contributed by atoms with E-state index in [-0.39, 0.29) is 11.7 Å². The van der Waals surface area contributed by atoms with Crippen LogP contribution in [0.3, 0.4) is 0 Å². The molecule has 19 heavy (non-hydrogen) atoms. The van der Waals surface area contributed by atoms with Gasteiger partial charge in [-0.1, -0.05) is 17.7 Å². The fourth-order valence-electron chi connectivity index (χ4n) is 1.53. The minimum absolute atomic E-state index is 0.148. The number of aromatic hydroxyl groups is 1. The maximum Gasteiger partial charge on any atom is 0.255 e. The summed E-state index contributed by atoms with van der Waals surface area (Å²) in [4.78, 5) is 12.0. The van der Waals surface area contributed by atoms with E-state index in [0.717, 1.165) is 5.56 Å². The summed E-state index contributed by atoms with van der Waals surface area (Å²) in [6.45, 7) is 1.79. The van der Waals surface area contributed by atoms with Crippen molar-refractivity contribution in [2.75, 3.05) is 5.32 Å². The van der Waals surface area contributed by atoms with E-state index in [2.05, 4.69) is 21.2 Å². The van der Waals surface area contributed by atoms with Gasteiger partial charge in [0.2, 0.25) is 0 Å². The van der Waals surface area contributed by atoms with Gasteiger partial charge in [0.1, 0.15) is 5.75 Å². The Hall–Kier alpha value is -1.52. The van der Waals surface area contributed by atoms with Gasteiger partial charge in [-0.3, -0.25) is 4.79 Å². The molecule has 2 rings (SSSR count). The van der Waals surface area contributed by atoms with E-state index >= 15 is 0 Å². The first-order chi connectivity index (χ1) is 8.97. The molecule has 0 aliphatic rings. The summed E-state index contributed by atoms with van der Waals surface area (Å²) in [5.74, 6) is -0.115. The molecule has 2 aromatic carbocycles. The molecule has 1 amide bonds. The molecule has 0 fully saturated rings. The molecule has 0 unspecified atom stereocenters. The molecular formula is C14H11BrClNO2. The number of hydrogen-bond acceptors (Lipinski definition) is 2. The van der Waals surface area contributed by atoms with Gasteiger partial charge in [-0.15, -0.1) is 0 Å². The van der Waals surface area contributed by atoms with Crippen LogP contribution in [0.2, 0.25) is 5.02 Å². The second kappa shape index (κ2) is 5.63. The summed E-state index contributed by atoms with van der Waals surface area (Å²) in [7, 11) is 0. The minimum atomic E-state index is -0.263. The van der Waals surface area contributed by atoms with Crippen LogP contribution in [-0.2, 0) is 0 Å². The third-order valence-electron chi connectivity index (χ3n) is 2.65. The van der Waals surface area contributed by atoms with Gasteiger partial charge in [0.15, 0.2) is 0 Å². The van der Waals surface area contributed by atoms with E-state index < -0.39 is 0 Å². The average Bonchev–Trinajstić information content (AvgIpc) is 2.37. The first-order valence-corrected chi connectivity index (χ1v) is 6.70. The van der Waals surface area contributed by atoms with Crippen molar-refractivity contribution >= 4 is 39.1 Å². The van der Waals surface area contributed by atoms with Crippen molar-refractivity contribution in [3.63, 3.8) is 0 Å². The summed E-state index contributed by atoms with van der Waals surface area (Å²) in [5, 5.41) is 12.8. The molecule has 0 radical (unpaired) electrons.